The smallest absolute Gasteiger partial charge is 0.293 e. The van der Waals surface area contributed by atoms with E-state index in [4.69, 9.17) is 11.6 Å². The minimum atomic E-state index is -0.318. The first-order valence-electron chi connectivity index (χ1n) is 7.27. The molecule has 5 nitrogen and oxygen atoms in total. The molecular formula is C17H22ClN3O2S. The Morgan fingerprint density at radius 2 is 1.92 bits per heavy atom. The molecule has 0 atom stereocenters. The van der Waals surface area contributed by atoms with Crippen molar-refractivity contribution in [3.05, 3.63) is 41.3 Å². The lowest BCUT2D eigenvalue weighted by Gasteiger charge is -2.14. The van der Waals surface area contributed by atoms with Gasteiger partial charge in [0.05, 0.1) is 22.1 Å². The zero-order chi connectivity index (χ0) is 18.2. The monoisotopic (exact) mass is 367 g/mol. The second-order valence-electron chi connectivity index (χ2n) is 5.77. The lowest BCUT2D eigenvalue weighted by atomic mass is 10.2. The number of nitrogens with zero attached hydrogens (tertiary/aromatic N) is 2. The summed E-state index contributed by atoms with van der Waals surface area (Å²) in [7, 11) is 0. The van der Waals surface area contributed by atoms with Crippen LogP contribution in [-0.2, 0) is 9.53 Å². The molecule has 0 amide bonds. The molecule has 0 fully saturated rings. The molecule has 1 heterocycles. The Kier molecular flexibility index (Phi) is 8.01. The number of hydrogen-bond acceptors (Lipinski definition) is 6. The number of carbonyl (C=O) groups excluding carboxylic acids is 1. The molecule has 7 heteroatoms. The van der Waals surface area contributed by atoms with Gasteiger partial charge in [0.2, 0.25) is 0 Å². The van der Waals surface area contributed by atoms with Crippen LogP contribution in [0.4, 0.5) is 11.4 Å². The Morgan fingerprint density at radius 3 is 2.42 bits per heavy atom. The lowest BCUT2D eigenvalue weighted by Crippen LogP contribution is -2.17. The fourth-order valence-electron chi connectivity index (χ4n) is 1.59. The standard InChI is InChI=1S/C12H12ClN3S.C5H10O2/c1-8-11(12(17-2)15-7-14-8)16-10-6-4-3-5-9(10)13;1-5(2,3)7-4-6/h3-7,16H,1-2H3;4H,1-3H3. The molecule has 0 aliphatic rings. The Labute approximate surface area is 152 Å². The van der Waals surface area contributed by atoms with E-state index < -0.39 is 0 Å². The van der Waals surface area contributed by atoms with Gasteiger partial charge in [-0.1, -0.05) is 23.7 Å². The molecule has 0 saturated heterocycles. The van der Waals surface area contributed by atoms with Crippen molar-refractivity contribution >= 4 is 41.2 Å². The van der Waals surface area contributed by atoms with Gasteiger partial charge in [0.15, 0.2) is 0 Å². The summed E-state index contributed by atoms with van der Waals surface area (Å²) >= 11 is 7.69. The highest BCUT2D eigenvalue weighted by Gasteiger charge is 2.09. The van der Waals surface area contributed by atoms with Crippen LogP contribution in [0, 0.1) is 6.92 Å². The fourth-order valence-corrected chi connectivity index (χ4v) is 2.33. The van der Waals surface area contributed by atoms with E-state index in [0.717, 1.165) is 22.1 Å². The molecule has 0 bridgehead atoms. The van der Waals surface area contributed by atoms with Crippen LogP contribution < -0.4 is 5.32 Å². The number of thioether (sulfide) groups is 1. The molecule has 2 aromatic rings. The third-order valence-corrected chi connectivity index (χ3v) is 3.76. The number of rotatable bonds is 4. The molecule has 0 radical (unpaired) electrons. The Balaban J connectivity index is 0.000000351. The van der Waals surface area contributed by atoms with E-state index in [9.17, 15) is 4.79 Å². The fraction of sp³-hybridized carbons (Fsp3) is 0.353. The van der Waals surface area contributed by atoms with Gasteiger partial charge in [-0.15, -0.1) is 11.8 Å². The highest BCUT2D eigenvalue weighted by molar-refractivity contribution is 7.98. The first-order chi connectivity index (χ1) is 11.3. The summed E-state index contributed by atoms with van der Waals surface area (Å²) in [4.78, 5) is 18.0. The normalized spacial score (nSPS) is 10.4. The largest absolute Gasteiger partial charge is 0.462 e. The minimum absolute atomic E-state index is 0.318. The quantitative estimate of drug-likeness (QED) is 0.473. The topological polar surface area (TPSA) is 64.1 Å². The molecule has 2 rings (SSSR count). The average molecular weight is 368 g/mol. The van der Waals surface area contributed by atoms with Gasteiger partial charge >= 0.3 is 0 Å². The van der Waals surface area contributed by atoms with E-state index in [0.29, 0.717) is 11.5 Å². The third kappa shape index (κ3) is 6.76. The average Bonchev–Trinajstić information content (AvgIpc) is 2.50. The van der Waals surface area contributed by atoms with Crippen LogP contribution in [0.25, 0.3) is 0 Å². The van der Waals surface area contributed by atoms with Gasteiger partial charge in [0, 0.05) is 0 Å². The van der Waals surface area contributed by atoms with Crippen molar-refractivity contribution < 1.29 is 9.53 Å². The first kappa shape index (κ1) is 20.3. The van der Waals surface area contributed by atoms with E-state index in [1.165, 1.54) is 0 Å². The predicted molar refractivity (Wildman–Crippen MR) is 100 cm³/mol. The lowest BCUT2D eigenvalue weighted by molar-refractivity contribution is -0.138. The molecule has 1 aromatic carbocycles. The number of ether oxygens (including phenoxy) is 1. The van der Waals surface area contributed by atoms with E-state index in [2.05, 4.69) is 20.0 Å². The Morgan fingerprint density at radius 1 is 1.25 bits per heavy atom. The van der Waals surface area contributed by atoms with Crippen molar-refractivity contribution in [2.24, 2.45) is 0 Å². The van der Waals surface area contributed by atoms with Gasteiger partial charge in [0.1, 0.15) is 17.0 Å². The number of aromatic nitrogens is 2. The number of nitrogens with one attached hydrogen (secondary N) is 1. The summed E-state index contributed by atoms with van der Waals surface area (Å²) in [5.41, 5.74) is 2.36. The summed E-state index contributed by atoms with van der Waals surface area (Å²) in [6.45, 7) is 7.87. The van der Waals surface area contributed by atoms with Crippen molar-refractivity contribution in [2.45, 2.75) is 38.3 Å². The number of hydrogen-bond donors (Lipinski definition) is 1. The third-order valence-electron chi connectivity index (χ3n) is 2.73. The highest BCUT2D eigenvalue weighted by Crippen LogP contribution is 2.31. The Bertz CT molecular complexity index is 675. The number of aryl methyl sites for hydroxylation is 1. The summed E-state index contributed by atoms with van der Waals surface area (Å²) in [6, 6.07) is 7.62. The second kappa shape index (κ2) is 9.49. The van der Waals surface area contributed by atoms with Gasteiger partial charge in [-0.05, 0) is 46.1 Å². The summed E-state index contributed by atoms with van der Waals surface area (Å²) in [5.74, 6) is 0. The van der Waals surface area contributed by atoms with Crippen LogP contribution in [0.5, 0.6) is 0 Å². The number of anilines is 2. The molecule has 0 aliphatic carbocycles. The molecule has 130 valence electrons. The number of carbonyl (C=O) groups is 1. The van der Waals surface area contributed by atoms with Gasteiger partial charge in [-0.3, -0.25) is 4.79 Å². The molecule has 0 saturated carbocycles. The maximum atomic E-state index is 9.60. The summed E-state index contributed by atoms with van der Waals surface area (Å²) in [6.07, 6.45) is 3.55. The number of halogens is 1. The minimum Gasteiger partial charge on any atom is -0.462 e. The van der Waals surface area contributed by atoms with Crippen LogP contribution in [0.15, 0.2) is 35.6 Å². The van der Waals surface area contributed by atoms with Crippen LogP contribution in [-0.4, -0.2) is 28.3 Å². The van der Waals surface area contributed by atoms with E-state index in [1.54, 1.807) is 18.1 Å². The van der Waals surface area contributed by atoms with Crippen LogP contribution in [0.1, 0.15) is 26.5 Å². The van der Waals surface area contributed by atoms with Crippen molar-refractivity contribution in [1.82, 2.24) is 9.97 Å². The molecule has 0 aliphatic heterocycles. The molecular weight excluding hydrogens is 346 g/mol. The molecule has 24 heavy (non-hydrogen) atoms. The van der Waals surface area contributed by atoms with E-state index >= 15 is 0 Å². The maximum Gasteiger partial charge on any atom is 0.293 e. The van der Waals surface area contributed by atoms with E-state index in [1.807, 2.05) is 58.2 Å². The van der Waals surface area contributed by atoms with Crippen molar-refractivity contribution in [3.8, 4) is 0 Å². The Hall–Kier alpha value is -1.79. The van der Waals surface area contributed by atoms with Gasteiger partial charge in [0.25, 0.3) is 6.47 Å². The number of benzene rings is 1. The van der Waals surface area contributed by atoms with Gasteiger partial charge in [-0.25, -0.2) is 9.97 Å². The van der Waals surface area contributed by atoms with Crippen molar-refractivity contribution in [1.29, 1.82) is 0 Å². The molecule has 0 unspecified atom stereocenters. The molecule has 1 aromatic heterocycles. The number of para-hydroxylation sites is 1. The summed E-state index contributed by atoms with van der Waals surface area (Å²) in [5, 5.41) is 4.88. The zero-order valence-electron chi connectivity index (χ0n) is 14.5. The van der Waals surface area contributed by atoms with Crippen LogP contribution >= 0.6 is 23.4 Å². The summed E-state index contributed by atoms with van der Waals surface area (Å²) < 4.78 is 4.55. The van der Waals surface area contributed by atoms with Gasteiger partial charge < -0.3 is 10.1 Å². The zero-order valence-corrected chi connectivity index (χ0v) is 16.0. The molecule has 0 spiro atoms. The van der Waals surface area contributed by atoms with Crippen LogP contribution in [0.2, 0.25) is 5.02 Å². The maximum absolute atomic E-state index is 9.60. The SMILES string of the molecule is CC(C)(C)OC=O.CSc1ncnc(C)c1Nc1ccccc1Cl. The van der Waals surface area contributed by atoms with E-state index in [-0.39, 0.29) is 5.60 Å². The van der Waals surface area contributed by atoms with Crippen molar-refractivity contribution in [3.63, 3.8) is 0 Å². The second-order valence-corrected chi connectivity index (χ2v) is 6.98. The van der Waals surface area contributed by atoms with Gasteiger partial charge in [-0.2, -0.15) is 0 Å². The first-order valence-corrected chi connectivity index (χ1v) is 8.87. The van der Waals surface area contributed by atoms with Crippen LogP contribution in [0.3, 0.4) is 0 Å². The predicted octanol–water partition coefficient (Wildman–Crippen LogP) is 4.86. The highest BCUT2D eigenvalue weighted by atomic mass is 35.5. The molecule has 1 N–H and O–H groups in total. The van der Waals surface area contributed by atoms with Crippen molar-refractivity contribution in [2.75, 3.05) is 11.6 Å².